The molecule has 1 saturated carbocycles. The fourth-order valence-electron chi connectivity index (χ4n) is 2.73. The summed E-state index contributed by atoms with van der Waals surface area (Å²) in [5.74, 6) is 0.408. The Balaban J connectivity index is 1.65. The molecule has 2 unspecified atom stereocenters. The topological polar surface area (TPSA) is 32.3 Å². The zero-order valence-electron chi connectivity index (χ0n) is 9.82. The van der Waals surface area contributed by atoms with Gasteiger partial charge in [0.1, 0.15) is 5.82 Å². The fourth-order valence-corrected chi connectivity index (χ4v) is 2.73. The summed E-state index contributed by atoms with van der Waals surface area (Å²) in [7, 11) is 0. The molecule has 3 rings (SSSR count). The third-order valence-electron chi connectivity index (χ3n) is 3.95. The minimum absolute atomic E-state index is 0.0884. The van der Waals surface area contributed by atoms with Crippen LogP contribution in [0.3, 0.4) is 0 Å². The van der Waals surface area contributed by atoms with E-state index >= 15 is 0 Å². The second-order valence-corrected chi connectivity index (χ2v) is 5.21. The van der Waals surface area contributed by atoms with Crippen molar-refractivity contribution < 1.29 is 9.50 Å². The molecule has 0 bridgehead atoms. The van der Waals surface area contributed by atoms with Crippen molar-refractivity contribution in [2.24, 2.45) is 5.92 Å². The van der Waals surface area contributed by atoms with E-state index in [1.165, 1.54) is 6.07 Å². The molecular weight excluding hydrogens is 217 g/mol. The van der Waals surface area contributed by atoms with Crippen LogP contribution < -0.4 is 5.32 Å². The number of benzene rings is 1. The second-order valence-electron chi connectivity index (χ2n) is 5.21. The number of aliphatic hydroxyl groups is 1. The number of aliphatic hydroxyl groups excluding tert-OH is 1. The van der Waals surface area contributed by atoms with Crippen molar-refractivity contribution in [2.75, 3.05) is 6.54 Å². The van der Waals surface area contributed by atoms with Gasteiger partial charge in [-0.15, -0.1) is 0 Å². The molecule has 0 aromatic heterocycles. The van der Waals surface area contributed by atoms with E-state index in [0.29, 0.717) is 12.5 Å². The maximum Gasteiger partial charge on any atom is 0.126 e. The van der Waals surface area contributed by atoms with E-state index in [2.05, 4.69) is 5.32 Å². The lowest BCUT2D eigenvalue weighted by molar-refractivity contribution is 0.144. The summed E-state index contributed by atoms with van der Waals surface area (Å²) >= 11 is 0. The van der Waals surface area contributed by atoms with Crippen LogP contribution in [0, 0.1) is 11.7 Å². The molecule has 1 aromatic rings. The first-order valence-corrected chi connectivity index (χ1v) is 6.44. The fraction of sp³-hybridized carbons (Fsp3) is 0.571. The van der Waals surface area contributed by atoms with E-state index in [9.17, 15) is 9.50 Å². The van der Waals surface area contributed by atoms with Gasteiger partial charge in [0, 0.05) is 12.6 Å². The average Bonchev–Trinajstić information content (AvgIpc) is 3.08. The maximum absolute atomic E-state index is 13.5. The summed E-state index contributed by atoms with van der Waals surface area (Å²) in [6.45, 7) is 0.630. The molecule has 2 aliphatic carbocycles. The lowest BCUT2D eigenvalue weighted by atomic mass is 10.1. The molecule has 0 radical (unpaired) electrons. The predicted molar refractivity (Wildman–Crippen MR) is 64.2 cm³/mol. The first-order valence-electron chi connectivity index (χ1n) is 6.44. The maximum atomic E-state index is 13.5. The molecule has 2 N–H and O–H groups in total. The summed E-state index contributed by atoms with van der Waals surface area (Å²) < 4.78 is 13.5. The summed E-state index contributed by atoms with van der Waals surface area (Å²) in [6, 6.07) is 5.51. The first kappa shape index (κ1) is 11.2. The molecule has 2 atom stereocenters. The van der Waals surface area contributed by atoms with Gasteiger partial charge in [0.25, 0.3) is 0 Å². The highest BCUT2D eigenvalue weighted by atomic mass is 19.1. The zero-order valence-corrected chi connectivity index (χ0v) is 9.82. The Labute approximate surface area is 101 Å². The zero-order chi connectivity index (χ0) is 11.8. The van der Waals surface area contributed by atoms with Crippen LogP contribution in [-0.4, -0.2) is 17.8 Å². The molecule has 0 aliphatic heterocycles. The number of hydrogen-bond donors (Lipinski definition) is 2. The highest BCUT2D eigenvalue weighted by molar-refractivity contribution is 5.35. The van der Waals surface area contributed by atoms with Gasteiger partial charge in [-0.25, -0.2) is 4.39 Å². The van der Waals surface area contributed by atoms with Crippen molar-refractivity contribution in [3.63, 3.8) is 0 Å². The van der Waals surface area contributed by atoms with Crippen molar-refractivity contribution in [2.45, 2.75) is 37.8 Å². The first-order chi connectivity index (χ1) is 8.25. The van der Waals surface area contributed by atoms with Crippen LogP contribution >= 0.6 is 0 Å². The third-order valence-corrected chi connectivity index (χ3v) is 3.95. The van der Waals surface area contributed by atoms with Crippen molar-refractivity contribution in [1.29, 1.82) is 0 Å². The van der Waals surface area contributed by atoms with E-state index in [-0.39, 0.29) is 18.0 Å². The van der Waals surface area contributed by atoms with Gasteiger partial charge in [0.15, 0.2) is 0 Å². The molecular formula is C14H18FNO. The van der Waals surface area contributed by atoms with Gasteiger partial charge in [-0.2, -0.15) is 0 Å². The molecule has 2 nitrogen and oxygen atoms in total. The number of rotatable bonds is 4. The van der Waals surface area contributed by atoms with Crippen molar-refractivity contribution >= 4 is 0 Å². The Morgan fingerprint density at radius 2 is 2.18 bits per heavy atom. The van der Waals surface area contributed by atoms with Gasteiger partial charge in [-0.1, -0.05) is 12.1 Å². The molecule has 3 heteroatoms. The lowest BCUT2D eigenvalue weighted by Crippen LogP contribution is -2.30. The quantitative estimate of drug-likeness (QED) is 0.838. The summed E-state index contributed by atoms with van der Waals surface area (Å²) in [6.07, 6.45) is 3.82. The Morgan fingerprint density at radius 1 is 1.35 bits per heavy atom. The molecule has 92 valence electrons. The normalized spacial score (nSPS) is 24.7. The minimum Gasteiger partial charge on any atom is -0.392 e. The van der Waals surface area contributed by atoms with Crippen LogP contribution in [0.1, 0.15) is 36.4 Å². The highest BCUT2D eigenvalue weighted by Gasteiger charge is 2.31. The number of fused-ring (bicyclic) bond motifs is 1. The van der Waals surface area contributed by atoms with E-state index in [0.717, 1.165) is 36.8 Å². The number of hydrogen-bond acceptors (Lipinski definition) is 2. The van der Waals surface area contributed by atoms with Crippen LogP contribution in [0.4, 0.5) is 4.39 Å². The highest BCUT2D eigenvalue weighted by Crippen LogP contribution is 2.34. The lowest BCUT2D eigenvalue weighted by Gasteiger charge is -2.17. The van der Waals surface area contributed by atoms with Gasteiger partial charge < -0.3 is 10.4 Å². The van der Waals surface area contributed by atoms with Crippen molar-refractivity contribution in [1.82, 2.24) is 5.32 Å². The predicted octanol–water partition coefficient (Wildman–Crippen LogP) is 2.17. The Morgan fingerprint density at radius 3 is 2.94 bits per heavy atom. The van der Waals surface area contributed by atoms with Gasteiger partial charge in [-0.3, -0.25) is 0 Å². The van der Waals surface area contributed by atoms with E-state index < -0.39 is 0 Å². The van der Waals surface area contributed by atoms with Crippen LogP contribution in [0.5, 0.6) is 0 Å². The van der Waals surface area contributed by atoms with Gasteiger partial charge in [0.2, 0.25) is 0 Å². The van der Waals surface area contributed by atoms with Gasteiger partial charge in [0.05, 0.1) is 6.10 Å². The molecule has 17 heavy (non-hydrogen) atoms. The SMILES string of the molecule is OC(CNC1CCc2c(F)cccc21)C1CC1. The van der Waals surface area contributed by atoms with Gasteiger partial charge in [-0.05, 0) is 48.8 Å². The molecule has 0 heterocycles. The van der Waals surface area contributed by atoms with E-state index in [4.69, 9.17) is 0 Å². The van der Waals surface area contributed by atoms with Gasteiger partial charge >= 0.3 is 0 Å². The molecule has 2 aliphatic rings. The standard InChI is InChI=1S/C14H18FNO/c15-12-3-1-2-11-10(12)6-7-13(11)16-8-14(17)9-4-5-9/h1-3,9,13-14,16-17H,4-8H2. The molecule has 0 spiro atoms. The largest absolute Gasteiger partial charge is 0.392 e. The average molecular weight is 235 g/mol. The summed E-state index contributed by atoms with van der Waals surface area (Å²) in [4.78, 5) is 0. The Kier molecular flexibility index (Phi) is 2.89. The minimum atomic E-state index is -0.229. The molecule has 0 amide bonds. The van der Waals surface area contributed by atoms with Crippen LogP contribution in [0.2, 0.25) is 0 Å². The van der Waals surface area contributed by atoms with E-state index in [1.807, 2.05) is 6.07 Å². The van der Waals surface area contributed by atoms with Crippen LogP contribution in [0.15, 0.2) is 18.2 Å². The third kappa shape index (κ3) is 2.22. The van der Waals surface area contributed by atoms with Crippen molar-refractivity contribution in [3.05, 3.63) is 35.1 Å². The Bertz CT molecular complexity index is 417. The van der Waals surface area contributed by atoms with Crippen LogP contribution in [-0.2, 0) is 6.42 Å². The summed E-state index contributed by atoms with van der Waals surface area (Å²) in [5.41, 5.74) is 1.93. The summed E-state index contributed by atoms with van der Waals surface area (Å²) in [5, 5.41) is 13.2. The Hall–Kier alpha value is -0.930. The monoisotopic (exact) mass is 235 g/mol. The van der Waals surface area contributed by atoms with Crippen LogP contribution in [0.25, 0.3) is 0 Å². The smallest absolute Gasteiger partial charge is 0.126 e. The molecule has 1 aromatic carbocycles. The van der Waals surface area contributed by atoms with E-state index in [1.54, 1.807) is 6.07 Å². The number of halogens is 1. The number of nitrogens with one attached hydrogen (secondary N) is 1. The molecule has 0 saturated heterocycles. The second kappa shape index (κ2) is 4.39. The van der Waals surface area contributed by atoms with Crippen molar-refractivity contribution in [3.8, 4) is 0 Å². The molecule has 1 fully saturated rings.